The van der Waals surface area contributed by atoms with Crippen molar-refractivity contribution in [1.82, 2.24) is 9.19 Å². The molecule has 6 nitrogen and oxygen atoms in total. The van der Waals surface area contributed by atoms with Gasteiger partial charge in [0, 0.05) is 0 Å². The molecular weight excluding hydrogens is 292 g/mol. The number of rotatable bonds is 4. The van der Waals surface area contributed by atoms with Crippen LogP contribution in [0.1, 0.15) is 28.7 Å². The lowest BCUT2D eigenvalue weighted by molar-refractivity contribution is 0.0524. The van der Waals surface area contributed by atoms with Crippen molar-refractivity contribution in [3.8, 4) is 0 Å². The fraction of sp³-hybridized carbons (Fsp3) is 0.286. The zero-order chi connectivity index (χ0) is 15.6. The van der Waals surface area contributed by atoms with Crippen LogP contribution in [0.5, 0.6) is 0 Å². The summed E-state index contributed by atoms with van der Waals surface area (Å²) in [4.78, 5) is 12.0. The Morgan fingerprint density at radius 3 is 2.43 bits per heavy atom. The van der Waals surface area contributed by atoms with Crippen LogP contribution >= 0.6 is 0 Å². The van der Waals surface area contributed by atoms with Gasteiger partial charge in [-0.15, -0.1) is 0 Å². The predicted molar refractivity (Wildman–Crippen MR) is 76.7 cm³/mol. The summed E-state index contributed by atoms with van der Waals surface area (Å²) in [6, 6.07) is 7.95. The van der Waals surface area contributed by atoms with Crippen molar-refractivity contribution < 1.29 is 17.9 Å². The van der Waals surface area contributed by atoms with Crippen LogP contribution in [0.25, 0.3) is 0 Å². The van der Waals surface area contributed by atoms with Crippen molar-refractivity contribution in [1.29, 1.82) is 0 Å². The maximum absolute atomic E-state index is 12.5. The molecule has 1 aromatic heterocycles. The van der Waals surface area contributed by atoms with Gasteiger partial charge in [0.25, 0.3) is 10.0 Å². The monoisotopic (exact) mass is 308 g/mol. The largest absolute Gasteiger partial charge is 0.462 e. The van der Waals surface area contributed by atoms with E-state index in [0.29, 0.717) is 5.69 Å². The number of aryl methyl sites for hydroxylation is 1. The third-order valence-electron chi connectivity index (χ3n) is 3.00. The molecule has 0 spiro atoms. The van der Waals surface area contributed by atoms with Gasteiger partial charge in [0.2, 0.25) is 0 Å². The summed E-state index contributed by atoms with van der Waals surface area (Å²) in [5, 5.41) is 3.99. The molecule has 0 atom stereocenters. The van der Waals surface area contributed by atoms with E-state index < -0.39 is 16.0 Å². The molecule has 0 saturated heterocycles. The van der Waals surface area contributed by atoms with Crippen LogP contribution in [0.15, 0.2) is 35.2 Å². The second-order valence-electron chi connectivity index (χ2n) is 4.43. The van der Waals surface area contributed by atoms with Crippen molar-refractivity contribution >= 4 is 16.0 Å². The minimum absolute atomic E-state index is 0.117. The molecule has 0 unspecified atom stereocenters. The molecule has 2 rings (SSSR count). The molecule has 0 radical (unpaired) electrons. The quantitative estimate of drug-likeness (QED) is 0.806. The Labute approximate surface area is 123 Å². The lowest BCUT2D eigenvalue weighted by Gasteiger charge is -2.06. The summed E-state index contributed by atoms with van der Waals surface area (Å²) in [6.07, 6.45) is 0. The number of benzene rings is 1. The van der Waals surface area contributed by atoms with Crippen molar-refractivity contribution in [2.45, 2.75) is 25.7 Å². The lowest BCUT2D eigenvalue weighted by atomic mass is 10.2. The topological polar surface area (TPSA) is 78.3 Å². The molecule has 0 saturated carbocycles. The number of carbonyl (C=O) groups excluding carboxylic acids is 1. The van der Waals surface area contributed by atoms with Crippen LogP contribution in [0.3, 0.4) is 0 Å². The van der Waals surface area contributed by atoms with Gasteiger partial charge >= 0.3 is 5.97 Å². The Morgan fingerprint density at radius 1 is 1.24 bits per heavy atom. The fourth-order valence-corrected chi connectivity index (χ4v) is 3.43. The van der Waals surface area contributed by atoms with Crippen molar-refractivity contribution in [2.75, 3.05) is 6.61 Å². The molecule has 1 aromatic carbocycles. The van der Waals surface area contributed by atoms with Crippen LogP contribution < -0.4 is 0 Å². The molecule has 7 heteroatoms. The summed E-state index contributed by atoms with van der Waals surface area (Å²) < 4.78 is 30.9. The second-order valence-corrected chi connectivity index (χ2v) is 6.19. The first kappa shape index (κ1) is 15.2. The predicted octanol–water partition coefficient (Wildman–Crippen LogP) is 1.91. The van der Waals surface area contributed by atoms with E-state index in [0.717, 1.165) is 4.09 Å². The van der Waals surface area contributed by atoms with Gasteiger partial charge in [-0.1, -0.05) is 18.2 Å². The summed E-state index contributed by atoms with van der Waals surface area (Å²) in [5.74, 6) is -0.568. The van der Waals surface area contributed by atoms with E-state index >= 15 is 0 Å². The average Bonchev–Trinajstić information content (AvgIpc) is 2.76. The Hall–Kier alpha value is -2.15. The van der Waals surface area contributed by atoms with Crippen LogP contribution in [-0.4, -0.2) is 30.2 Å². The zero-order valence-electron chi connectivity index (χ0n) is 12.0. The Kier molecular flexibility index (Phi) is 4.13. The number of ether oxygens (including phenoxy) is 1. The van der Waals surface area contributed by atoms with Gasteiger partial charge in [0.1, 0.15) is 5.56 Å². The van der Waals surface area contributed by atoms with E-state index in [1.807, 2.05) is 0 Å². The fourth-order valence-electron chi connectivity index (χ4n) is 2.04. The first-order chi connectivity index (χ1) is 9.89. The van der Waals surface area contributed by atoms with Crippen molar-refractivity contribution in [3.05, 3.63) is 47.3 Å². The highest BCUT2D eigenvalue weighted by atomic mass is 32.2. The number of hydrogen-bond donors (Lipinski definition) is 0. The van der Waals surface area contributed by atoms with E-state index in [1.54, 1.807) is 32.0 Å². The summed E-state index contributed by atoms with van der Waals surface area (Å²) >= 11 is 0. The lowest BCUT2D eigenvalue weighted by Crippen LogP contribution is -2.17. The maximum Gasteiger partial charge on any atom is 0.341 e. The Bertz CT molecular complexity index is 764. The van der Waals surface area contributed by atoms with E-state index in [2.05, 4.69) is 5.10 Å². The number of hydrogen-bond acceptors (Lipinski definition) is 5. The van der Waals surface area contributed by atoms with E-state index in [4.69, 9.17) is 4.74 Å². The Morgan fingerprint density at radius 2 is 1.86 bits per heavy atom. The summed E-state index contributed by atoms with van der Waals surface area (Å²) in [5.41, 5.74) is 0.761. The molecular formula is C14H16N2O4S. The molecule has 0 amide bonds. The summed E-state index contributed by atoms with van der Waals surface area (Å²) in [6.45, 7) is 5.02. The summed E-state index contributed by atoms with van der Waals surface area (Å²) in [7, 11) is -3.82. The second kappa shape index (κ2) is 5.69. The molecule has 0 fully saturated rings. The van der Waals surface area contributed by atoms with E-state index in [9.17, 15) is 13.2 Å². The van der Waals surface area contributed by atoms with Gasteiger partial charge in [-0.25, -0.2) is 4.79 Å². The van der Waals surface area contributed by atoms with Crippen molar-refractivity contribution in [3.63, 3.8) is 0 Å². The van der Waals surface area contributed by atoms with Crippen molar-refractivity contribution in [2.24, 2.45) is 0 Å². The highest BCUT2D eigenvalue weighted by Gasteiger charge is 2.26. The SMILES string of the molecule is CCOC(=O)c1c(C)nn(S(=O)(=O)c2ccccc2)c1C. The normalized spacial score (nSPS) is 11.4. The molecule has 2 aromatic rings. The van der Waals surface area contributed by atoms with Crippen LogP contribution in [-0.2, 0) is 14.8 Å². The third kappa shape index (κ3) is 2.69. The van der Waals surface area contributed by atoms with Gasteiger partial charge < -0.3 is 4.74 Å². The number of aromatic nitrogens is 2. The van der Waals surface area contributed by atoms with Gasteiger partial charge in [-0.3, -0.25) is 0 Å². The molecule has 112 valence electrons. The van der Waals surface area contributed by atoms with Gasteiger partial charge in [-0.2, -0.15) is 17.6 Å². The number of nitrogens with zero attached hydrogens (tertiary/aromatic N) is 2. The van der Waals surface area contributed by atoms with E-state index in [1.165, 1.54) is 19.1 Å². The molecule has 0 aliphatic carbocycles. The molecule has 21 heavy (non-hydrogen) atoms. The smallest absolute Gasteiger partial charge is 0.341 e. The molecule has 0 aliphatic rings. The van der Waals surface area contributed by atoms with E-state index in [-0.39, 0.29) is 22.8 Å². The molecule has 0 N–H and O–H groups in total. The maximum atomic E-state index is 12.5. The van der Waals surface area contributed by atoms with Crippen LogP contribution in [0.2, 0.25) is 0 Å². The molecule has 0 bridgehead atoms. The third-order valence-corrected chi connectivity index (χ3v) is 4.68. The van der Waals surface area contributed by atoms with Crippen LogP contribution in [0, 0.1) is 13.8 Å². The minimum Gasteiger partial charge on any atom is -0.462 e. The van der Waals surface area contributed by atoms with Gasteiger partial charge in [0.05, 0.1) is 22.9 Å². The first-order valence-electron chi connectivity index (χ1n) is 6.43. The Balaban J connectivity index is 2.57. The standard InChI is InChI=1S/C14H16N2O4S/c1-4-20-14(17)13-10(2)15-16(11(13)3)21(18,19)12-8-6-5-7-9-12/h5-9H,4H2,1-3H3. The highest BCUT2D eigenvalue weighted by Crippen LogP contribution is 2.20. The average molecular weight is 308 g/mol. The van der Waals surface area contributed by atoms with Crippen LogP contribution in [0.4, 0.5) is 0 Å². The zero-order valence-corrected chi connectivity index (χ0v) is 12.8. The highest BCUT2D eigenvalue weighted by molar-refractivity contribution is 7.89. The van der Waals surface area contributed by atoms with Gasteiger partial charge in [0.15, 0.2) is 0 Å². The molecule has 1 heterocycles. The number of esters is 1. The minimum atomic E-state index is -3.82. The number of carbonyl (C=O) groups is 1. The molecule has 0 aliphatic heterocycles. The first-order valence-corrected chi connectivity index (χ1v) is 7.87. The van der Waals surface area contributed by atoms with Gasteiger partial charge in [-0.05, 0) is 32.9 Å².